The Morgan fingerprint density at radius 2 is 1.90 bits per heavy atom. The van der Waals surface area contributed by atoms with Gasteiger partial charge in [-0.1, -0.05) is 5.16 Å². The second-order valence-electron chi connectivity index (χ2n) is 6.13. The van der Waals surface area contributed by atoms with Crippen molar-refractivity contribution in [1.82, 2.24) is 9.13 Å². The number of rotatable bonds is 5. The van der Waals surface area contributed by atoms with E-state index in [9.17, 15) is 32.4 Å². The minimum absolute atomic E-state index is 0.178. The third kappa shape index (κ3) is 4.35. The fourth-order valence-corrected chi connectivity index (χ4v) is 2.51. The Bertz CT molecular complexity index is 1160. The number of nitriles is 1. The lowest BCUT2D eigenvalue weighted by atomic mass is 10.1. The van der Waals surface area contributed by atoms with Gasteiger partial charge in [0.2, 0.25) is 0 Å². The standard InChI is InChI=1S/C18H16F4N4O4/c1-9(24-29-4)10(2)30-14-6-13(12(19)5-11(14)8-23)26-16(27)7-15(18(20,21)22)25(3)17(26)28/h5-7,10H,1-4H3. The zero-order chi connectivity index (χ0) is 22.8. The van der Waals surface area contributed by atoms with Crippen molar-refractivity contribution in [2.45, 2.75) is 26.1 Å². The molecule has 0 aliphatic heterocycles. The Kier molecular flexibility index (Phi) is 6.35. The maximum absolute atomic E-state index is 14.6. The van der Waals surface area contributed by atoms with Crippen LogP contribution in [-0.4, -0.2) is 28.1 Å². The minimum Gasteiger partial charge on any atom is -0.483 e. The highest BCUT2D eigenvalue weighted by atomic mass is 19.4. The van der Waals surface area contributed by atoms with E-state index in [1.807, 2.05) is 0 Å². The van der Waals surface area contributed by atoms with Gasteiger partial charge < -0.3 is 9.57 Å². The van der Waals surface area contributed by atoms with Gasteiger partial charge in [-0.3, -0.25) is 9.36 Å². The highest BCUT2D eigenvalue weighted by molar-refractivity contribution is 5.85. The lowest BCUT2D eigenvalue weighted by Gasteiger charge is -2.18. The van der Waals surface area contributed by atoms with Gasteiger partial charge in [0.25, 0.3) is 5.56 Å². The largest absolute Gasteiger partial charge is 0.483 e. The third-order valence-corrected chi connectivity index (χ3v) is 4.15. The molecule has 1 aromatic heterocycles. The molecule has 0 saturated heterocycles. The van der Waals surface area contributed by atoms with Crippen molar-refractivity contribution in [1.29, 1.82) is 5.26 Å². The molecule has 1 aromatic carbocycles. The molecule has 1 unspecified atom stereocenters. The molecule has 0 fully saturated rings. The summed E-state index contributed by atoms with van der Waals surface area (Å²) in [5.41, 5.74) is -4.88. The van der Waals surface area contributed by atoms with Gasteiger partial charge in [0, 0.05) is 19.2 Å². The smallest absolute Gasteiger partial charge is 0.431 e. The molecule has 0 aliphatic carbocycles. The molecule has 12 heteroatoms. The van der Waals surface area contributed by atoms with E-state index in [2.05, 4.69) is 9.99 Å². The monoisotopic (exact) mass is 428 g/mol. The molecular weight excluding hydrogens is 412 g/mol. The molecule has 0 bridgehead atoms. The number of hydrogen-bond acceptors (Lipinski definition) is 6. The number of oxime groups is 1. The number of ether oxygens (including phenoxy) is 1. The van der Waals surface area contributed by atoms with Crippen molar-refractivity contribution in [3.8, 4) is 17.5 Å². The maximum atomic E-state index is 14.6. The van der Waals surface area contributed by atoms with Crippen molar-refractivity contribution < 1.29 is 27.1 Å². The van der Waals surface area contributed by atoms with Crippen molar-refractivity contribution >= 4 is 5.71 Å². The summed E-state index contributed by atoms with van der Waals surface area (Å²) in [4.78, 5) is 29.3. The number of benzene rings is 1. The van der Waals surface area contributed by atoms with Crippen LogP contribution in [0, 0.1) is 17.1 Å². The first-order chi connectivity index (χ1) is 13.9. The van der Waals surface area contributed by atoms with E-state index in [0.717, 1.165) is 13.1 Å². The Morgan fingerprint density at radius 1 is 1.27 bits per heavy atom. The highest BCUT2D eigenvalue weighted by Crippen LogP contribution is 2.28. The van der Waals surface area contributed by atoms with E-state index in [1.165, 1.54) is 7.11 Å². The van der Waals surface area contributed by atoms with Crippen LogP contribution in [0.1, 0.15) is 25.1 Å². The fourth-order valence-electron chi connectivity index (χ4n) is 2.51. The summed E-state index contributed by atoms with van der Waals surface area (Å²) < 4.78 is 59.5. The van der Waals surface area contributed by atoms with E-state index >= 15 is 0 Å². The number of halogens is 4. The molecule has 2 aromatic rings. The number of alkyl halides is 3. The van der Waals surface area contributed by atoms with Crippen LogP contribution in [0.2, 0.25) is 0 Å². The number of nitrogens with zero attached hydrogens (tertiary/aromatic N) is 4. The van der Waals surface area contributed by atoms with E-state index in [0.29, 0.717) is 11.8 Å². The molecule has 30 heavy (non-hydrogen) atoms. The van der Waals surface area contributed by atoms with Crippen LogP contribution in [-0.2, 0) is 18.1 Å². The van der Waals surface area contributed by atoms with Crippen LogP contribution in [0.5, 0.6) is 5.75 Å². The summed E-state index contributed by atoms with van der Waals surface area (Å²) in [7, 11) is 2.10. The quantitative estimate of drug-likeness (QED) is 0.414. The second-order valence-corrected chi connectivity index (χ2v) is 6.13. The zero-order valence-corrected chi connectivity index (χ0v) is 16.2. The molecule has 2 rings (SSSR count). The van der Waals surface area contributed by atoms with Crippen molar-refractivity contribution in [2.24, 2.45) is 12.2 Å². The number of aromatic nitrogens is 2. The summed E-state index contributed by atoms with van der Waals surface area (Å²) in [6, 6.07) is 3.49. The third-order valence-electron chi connectivity index (χ3n) is 4.15. The predicted molar refractivity (Wildman–Crippen MR) is 97.2 cm³/mol. The topological polar surface area (TPSA) is 98.6 Å². The van der Waals surface area contributed by atoms with E-state index in [1.54, 1.807) is 19.9 Å². The van der Waals surface area contributed by atoms with Gasteiger partial charge in [0.15, 0.2) is 0 Å². The molecule has 1 atom stereocenters. The summed E-state index contributed by atoms with van der Waals surface area (Å²) in [6.07, 6.45) is -5.71. The molecule has 8 nitrogen and oxygen atoms in total. The average molecular weight is 428 g/mol. The van der Waals surface area contributed by atoms with Crippen LogP contribution in [0.25, 0.3) is 5.69 Å². The van der Waals surface area contributed by atoms with Gasteiger partial charge >= 0.3 is 11.9 Å². The molecule has 1 heterocycles. The minimum atomic E-state index is -4.96. The normalized spacial score (nSPS) is 13.0. The first-order valence-corrected chi connectivity index (χ1v) is 8.31. The molecule has 0 amide bonds. The van der Waals surface area contributed by atoms with Gasteiger partial charge in [-0.2, -0.15) is 18.4 Å². The van der Waals surface area contributed by atoms with Crippen molar-refractivity contribution in [3.63, 3.8) is 0 Å². The van der Waals surface area contributed by atoms with Gasteiger partial charge in [-0.05, 0) is 19.9 Å². The van der Waals surface area contributed by atoms with E-state index in [4.69, 9.17) is 4.74 Å². The Hall–Kier alpha value is -3.62. The van der Waals surface area contributed by atoms with E-state index < -0.39 is 40.7 Å². The molecule has 0 spiro atoms. The molecule has 160 valence electrons. The average Bonchev–Trinajstić information content (AvgIpc) is 2.65. The summed E-state index contributed by atoms with van der Waals surface area (Å²) in [5, 5.41) is 12.9. The molecule has 0 saturated carbocycles. The Balaban J connectivity index is 2.72. The SMILES string of the molecule is CON=C(C)C(C)Oc1cc(-n2c(=O)cc(C(F)(F)F)n(C)c2=O)c(F)cc1C#N. The van der Waals surface area contributed by atoms with Crippen LogP contribution >= 0.6 is 0 Å². The zero-order valence-electron chi connectivity index (χ0n) is 16.2. The molecular formula is C18H16F4N4O4. The molecule has 0 aliphatic rings. The summed E-state index contributed by atoms with van der Waals surface area (Å²) >= 11 is 0. The van der Waals surface area contributed by atoms with Gasteiger partial charge in [-0.25, -0.2) is 13.8 Å². The first kappa shape index (κ1) is 22.7. The van der Waals surface area contributed by atoms with Crippen LogP contribution in [0.15, 0.2) is 32.9 Å². The number of hydrogen-bond donors (Lipinski definition) is 0. The van der Waals surface area contributed by atoms with Gasteiger partial charge in [0.05, 0.1) is 17.0 Å². The Morgan fingerprint density at radius 3 is 2.43 bits per heavy atom. The molecule has 0 radical (unpaired) electrons. The van der Waals surface area contributed by atoms with Crippen LogP contribution in [0.3, 0.4) is 0 Å². The van der Waals surface area contributed by atoms with Crippen LogP contribution < -0.4 is 16.0 Å². The fraction of sp³-hybridized carbons (Fsp3) is 0.333. The van der Waals surface area contributed by atoms with Gasteiger partial charge in [-0.15, -0.1) is 0 Å². The van der Waals surface area contributed by atoms with E-state index in [-0.39, 0.29) is 26.5 Å². The molecule has 0 N–H and O–H groups in total. The lowest BCUT2D eigenvalue weighted by Crippen LogP contribution is -2.41. The van der Waals surface area contributed by atoms with Gasteiger partial charge in [0.1, 0.15) is 36.5 Å². The second kappa shape index (κ2) is 8.40. The maximum Gasteiger partial charge on any atom is 0.431 e. The van der Waals surface area contributed by atoms with Crippen molar-refractivity contribution in [2.75, 3.05) is 7.11 Å². The summed E-state index contributed by atoms with van der Waals surface area (Å²) in [5.74, 6) is -1.38. The van der Waals surface area contributed by atoms with Crippen molar-refractivity contribution in [3.05, 3.63) is 56.1 Å². The Labute approximate surface area is 167 Å². The first-order valence-electron chi connectivity index (χ1n) is 8.31. The lowest BCUT2D eigenvalue weighted by molar-refractivity contribution is -0.144. The van der Waals surface area contributed by atoms with Crippen LogP contribution in [0.4, 0.5) is 17.6 Å². The predicted octanol–water partition coefficient (Wildman–Crippen LogP) is 2.36. The summed E-state index contributed by atoms with van der Waals surface area (Å²) in [6.45, 7) is 3.10. The highest BCUT2D eigenvalue weighted by Gasteiger charge is 2.35.